The fraction of sp³-hybridized carbons (Fsp3) is 0.923. The van der Waals surface area contributed by atoms with E-state index < -0.39 is 24.2 Å². The Morgan fingerprint density at radius 3 is 0.871 bits per heavy atom. The molecule has 4 N–H and O–H groups in total. The molecule has 0 radical (unpaired) electrons. The van der Waals surface area contributed by atoms with Crippen LogP contribution in [0.25, 0.3) is 0 Å². The van der Waals surface area contributed by atoms with Gasteiger partial charge >= 0.3 is 0 Å². The predicted molar refractivity (Wildman–Crippen MR) is 310 cm³/mol. The molecule has 70 heavy (non-hydrogen) atoms. The van der Waals surface area contributed by atoms with Crippen LogP contribution in [0.3, 0.4) is 0 Å². The van der Waals surface area contributed by atoms with E-state index in [1.54, 1.807) is 6.08 Å². The topological polar surface area (TPSA) is 89.8 Å². The normalized spacial score (nSPS) is 13.3. The Balaban J connectivity index is 3.50. The van der Waals surface area contributed by atoms with E-state index in [9.17, 15) is 20.1 Å². The second kappa shape index (κ2) is 60.4. The van der Waals surface area contributed by atoms with Gasteiger partial charge in [0, 0.05) is 0 Å². The molecule has 5 heteroatoms. The first-order valence-electron chi connectivity index (χ1n) is 32.2. The molecular weight excluding hydrogens is 859 g/mol. The van der Waals surface area contributed by atoms with Crippen molar-refractivity contribution in [1.29, 1.82) is 0 Å². The van der Waals surface area contributed by atoms with Crippen molar-refractivity contribution in [2.24, 2.45) is 0 Å². The van der Waals surface area contributed by atoms with Crippen molar-refractivity contribution < 1.29 is 20.1 Å². The largest absolute Gasteiger partial charge is 0.394 e. The quantitative estimate of drug-likeness (QED) is 0.0361. The maximum absolute atomic E-state index is 12.6. The number of hydrogen-bond donors (Lipinski definition) is 4. The molecule has 1 amide bonds. The third-order valence-corrected chi connectivity index (χ3v) is 15.3. The maximum Gasteiger partial charge on any atom is 0.249 e. The van der Waals surface area contributed by atoms with Gasteiger partial charge in [-0.25, -0.2) is 0 Å². The molecule has 0 saturated heterocycles. The average molecular weight is 987 g/mol. The Morgan fingerprint density at radius 2 is 0.586 bits per heavy atom. The van der Waals surface area contributed by atoms with Gasteiger partial charge in [-0.05, 0) is 32.1 Å². The lowest BCUT2D eigenvalue weighted by molar-refractivity contribution is -0.131. The van der Waals surface area contributed by atoms with Crippen LogP contribution in [0, 0.1) is 0 Å². The zero-order valence-corrected chi connectivity index (χ0v) is 47.7. The van der Waals surface area contributed by atoms with E-state index in [1.807, 2.05) is 6.08 Å². The van der Waals surface area contributed by atoms with Gasteiger partial charge in [0.15, 0.2) is 0 Å². The number of nitrogens with one attached hydrogen (secondary N) is 1. The highest BCUT2D eigenvalue weighted by Gasteiger charge is 2.22. The highest BCUT2D eigenvalue weighted by atomic mass is 16.3. The van der Waals surface area contributed by atoms with Gasteiger partial charge < -0.3 is 20.6 Å². The third-order valence-electron chi connectivity index (χ3n) is 15.3. The number of hydrogen-bond acceptors (Lipinski definition) is 4. The highest BCUT2D eigenvalue weighted by molar-refractivity contribution is 5.80. The van der Waals surface area contributed by atoms with Crippen LogP contribution < -0.4 is 5.32 Å². The fourth-order valence-electron chi connectivity index (χ4n) is 10.3. The van der Waals surface area contributed by atoms with Crippen LogP contribution in [0.1, 0.15) is 361 Å². The molecule has 0 rings (SSSR count). The monoisotopic (exact) mass is 986 g/mol. The lowest BCUT2D eigenvalue weighted by Gasteiger charge is -2.21. The summed E-state index contributed by atoms with van der Waals surface area (Å²) in [7, 11) is 0. The predicted octanol–water partition coefficient (Wildman–Crippen LogP) is 20.4. The molecule has 0 spiro atoms. The summed E-state index contributed by atoms with van der Waals surface area (Å²) >= 11 is 0. The van der Waals surface area contributed by atoms with E-state index in [0.29, 0.717) is 6.42 Å². The number of allylic oxidation sites excluding steroid dienone is 3. The summed E-state index contributed by atoms with van der Waals surface area (Å²) in [6.45, 7) is 4.22. The Hall–Kier alpha value is -1.17. The summed E-state index contributed by atoms with van der Waals surface area (Å²) in [4.78, 5) is 12.6. The second-order valence-corrected chi connectivity index (χ2v) is 22.3. The van der Waals surface area contributed by atoms with Crippen molar-refractivity contribution in [3.8, 4) is 0 Å². The SMILES string of the molecule is CCCCCCCCCCCCCCCCCC/C=C/CC/C=C/C(O)C(CO)NC(=O)C(O)CCCCCCCCCCCCCCCCCCCCCCCCCCCCCCCCCCCC. The van der Waals surface area contributed by atoms with Gasteiger partial charge in [0.05, 0.1) is 18.8 Å². The van der Waals surface area contributed by atoms with Gasteiger partial charge in [0.25, 0.3) is 0 Å². The smallest absolute Gasteiger partial charge is 0.249 e. The molecule has 0 aromatic heterocycles. The number of aliphatic hydroxyl groups excluding tert-OH is 3. The first-order valence-corrected chi connectivity index (χ1v) is 32.2. The first-order chi connectivity index (χ1) is 34.6. The van der Waals surface area contributed by atoms with Crippen LogP contribution in [0.2, 0.25) is 0 Å². The van der Waals surface area contributed by atoms with Gasteiger partial charge in [-0.3, -0.25) is 4.79 Å². The van der Waals surface area contributed by atoms with Gasteiger partial charge in [-0.15, -0.1) is 0 Å². The number of carbonyl (C=O) groups is 1. The number of unbranched alkanes of at least 4 members (excludes halogenated alkanes) is 50. The summed E-state index contributed by atoms with van der Waals surface area (Å²) in [5.41, 5.74) is 0. The van der Waals surface area contributed by atoms with Gasteiger partial charge in [0.2, 0.25) is 5.91 Å². The lowest BCUT2D eigenvalue weighted by atomic mass is 10.0. The van der Waals surface area contributed by atoms with E-state index in [4.69, 9.17) is 0 Å². The Morgan fingerprint density at radius 1 is 0.343 bits per heavy atom. The molecule has 0 aliphatic carbocycles. The van der Waals surface area contributed by atoms with Crippen molar-refractivity contribution in [2.45, 2.75) is 379 Å². The van der Waals surface area contributed by atoms with Gasteiger partial charge in [-0.1, -0.05) is 353 Å². The van der Waals surface area contributed by atoms with E-state index in [0.717, 1.165) is 38.5 Å². The minimum absolute atomic E-state index is 0.372. The molecule has 0 bridgehead atoms. The number of amides is 1. The molecule has 0 heterocycles. The standard InChI is InChI=1S/C65H127NO4/c1-3-5-7-9-11-13-15-17-19-21-23-25-27-28-29-30-31-32-33-34-35-36-37-38-40-42-44-46-48-50-52-54-56-58-60-64(69)65(70)66-62(61-67)63(68)59-57-55-53-51-49-47-45-43-41-39-26-24-22-20-18-16-14-12-10-8-6-4-2/h49,51,57,59,62-64,67-69H,3-48,50,52-56,58,60-61H2,1-2H3,(H,66,70)/b51-49+,59-57+. The van der Waals surface area contributed by atoms with Crippen molar-refractivity contribution in [3.05, 3.63) is 24.3 Å². The molecule has 5 nitrogen and oxygen atoms in total. The summed E-state index contributed by atoms with van der Waals surface area (Å²) in [5, 5.41) is 33.4. The number of rotatable bonds is 60. The highest BCUT2D eigenvalue weighted by Crippen LogP contribution is 2.19. The summed E-state index contributed by atoms with van der Waals surface area (Å²) in [5.74, 6) is -0.505. The molecule has 0 saturated carbocycles. The summed E-state index contributed by atoms with van der Waals surface area (Å²) < 4.78 is 0. The fourth-order valence-corrected chi connectivity index (χ4v) is 10.3. The summed E-state index contributed by atoms with van der Waals surface area (Å²) in [6.07, 6.45) is 78.8. The van der Waals surface area contributed by atoms with Gasteiger partial charge in [0.1, 0.15) is 6.10 Å². The van der Waals surface area contributed by atoms with E-state index >= 15 is 0 Å². The second-order valence-electron chi connectivity index (χ2n) is 22.3. The first kappa shape index (κ1) is 68.8. The molecule has 0 aromatic rings. The molecule has 0 aliphatic rings. The maximum atomic E-state index is 12.6. The molecule has 3 unspecified atom stereocenters. The molecule has 0 aromatic carbocycles. The average Bonchev–Trinajstić information content (AvgIpc) is 3.36. The molecule has 0 aliphatic heterocycles. The van der Waals surface area contributed by atoms with E-state index in [2.05, 4.69) is 31.3 Å². The zero-order valence-electron chi connectivity index (χ0n) is 47.7. The van der Waals surface area contributed by atoms with Crippen LogP contribution >= 0.6 is 0 Å². The van der Waals surface area contributed by atoms with Crippen molar-refractivity contribution >= 4 is 5.91 Å². The molecule has 0 fully saturated rings. The summed E-state index contributed by atoms with van der Waals surface area (Å²) in [6, 6.07) is -0.813. The van der Waals surface area contributed by atoms with Crippen molar-refractivity contribution in [3.63, 3.8) is 0 Å². The van der Waals surface area contributed by atoms with Crippen LogP contribution in [0.5, 0.6) is 0 Å². The van der Waals surface area contributed by atoms with Crippen molar-refractivity contribution in [1.82, 2.24) is 5.32 Å². The zero-order chi connectivity index (χ0) is 50.7. The minimum Gasteiger partial charge on any atom is -0.394 e. The molecular formula is C65H127NO4. The van der Waals surface area contributed by atoms with Gasteiger partial charge in [-0.2, -0.15) is 0 Å². The Bertz CT molecular complexity index is 1040. The minimum atomic E-state index is -1.10. The third kappa shape index (κ3) is 54.6. The van der Waals surface area contributed by atoms with E-state index in [-0.39, 0.29) is 6.61 Å². The van der Waals surface area contributed by atoms with Crippen LogP contribution in [-0.2, 0) is 4.79 Å². The Kier molecular flexibility index (Phi) is 59.4. The number of aliphatic hydroxyl groups is 3. The lowest BCUT2D eigenvalue weighted by Crippen LogP contribution is -2.48. The van der Waals surface area contributed by atoms with Crippen LogP contribution in [0.4, 0.5) is 0 Å². The van der Waals surface area contributed by atoms with Crippen LogP contribution in [-0.4, -0.2) is 46.1 Å². The van der Waals surface area contributed by atoms with Crippen molar-refractivity contribution in [2.75, 3.05) is 6.61 Å². The van der Waals surface area contributed by atoms with Crippen LogP contribution in [0.15, 0.2) is 24.3 Å². The molecule has 3 atom stereocenters. The van der Waals surface area contributed by atoms with E-state index in [1.165, 1.54) is 302 Å². The Labute approximate surface area is 439 Å². The number of carbonyl (C=O) groups excluding carboxylic acids is 1. The molecule has 416 valence electrons.